The third kappa shape index (κ3) is 2.62. The first-order valence-electron chi connectivity index (χ1n) is 8.52. The fraction of sp³-hybridized carbons (Fsp3) is 0.368. The van der Waals surface area contributed by atoms with Crippen molar-refractivity contribution in [3.8, 4) is 6.07 Å². The molecule has 126 valence electrons. The summed E-state index contributed by atoms with van der Waals surface area (Å²) in [6, 6.07) is 11.9. The van der Waals surface area contributed by atoms with Gasteiger partial charge in [0.15, 0.2) is 0 Å². The lowest BCUT2D eigenvalue weighted by molar-refractivity contribution is -0.120. The standard InChI is InChI=1S/C19H19N5O/c20-8-13-24-16-5-2-1-4-15(16)19(14-17(24)25)6-11-23(12-7-19)18-21-9-3-10-22-18/h1-5,9-10H,6-7,11-14H2. The molecule has 6 heteroatoms. The van der Waals surface area contributed by atoms with Crippen molar-refractivity contribution in [2.75, 3.05) is 29.4 Å². The molecule has 0 bridgehead atoms. The van der Waals surface area contributed by atoms with E-state index in [9.17, 15) is 4.79 Å². The van der Waals surface area contributed by atoms with Crippen LogP contribution in [0.1, 0.15) is 24.8 Å². The highest BCUT2D eigenvalue weighted by atomic mass is 16.2. The smallest absolute Gasteiger partial charge is 0.228 e. The van der Waals surface area contributed by atoms with E-state index in [0.29, 0.717) is 6.42 Å². The highest BCUT2D eigenvalue weighted by Gasteiger charge is 2.45. The Bertz CT molecular complexity index is 821. The minimum Gasteiger partial charge on any atom is -0.341 e. The second-order valence-corrected chi connectivity index (χ2v) is 6.65. The molecular weight excluding hydrogens is 314 g/mol. The van der Waals surface area contributed by atoms with Crippen LogP contribution in [0.25, 0.3) is 0 Å². The molecule has 6 nitrogen and oxygen atoms in total. The Kier molecular flexibility index (Phi) is 3.85. The van der Waals surface area contributed by atoms with E-state index in [1.165, 1.54) is 5.56 Å². The number of anilines is 2. The fourth-order valence-electron chi connectivity index (χ4n) is 4.05. The molecule has 0 N–H and O–H groups in total. The molecule has 1 aromatic heterocycles. The van der Waals surface area contributed by atoms with Gasteiger partial charge in [-0.05, 0) is 30.5 Å². The van der Waals surface area contributed by atoms with Crippen molar-refractivity contribution >= 4 is 17.5 Å². The Balaban J connectivity index is 1.64. The molecule has 1 amide bonds. The maximum atomic E-state index is 12.7. The Hall–Kier alpha value is -2.94. The van der Waals surface area contributed by atoms with Crippen molar-refractivity contribution < 1.29 is 4.79 Å². The van der Waals surface area contributed by atoms with Crippen LogP contribution in [0.15, 0.2) is 42.7 Å². The number of aromatic nitrogens is 2. The average Bonchev–Trinajstić information content (AvgIpc) is 2.67. The monoisotopic (exact) mass is 333 g/mol. The minimum absolute atomic E-state index is 0.0460. The zero-order valence-corrected chi connectivity index (χ0v) is 13.9. The summed E-state index contributed by atoms with van der Waals surface area (Å²) in [7, 11) is 0. The summed E-state index contributed by atoms with van der Waals surface area (Å²) in [6.07, 6.45) is 5.75. The average molecular weight is 333 g/mol. The van der Waals surface area contributed by atoms with Gasteiger partial charge < -0.3 is 4.90 Å². The third-order valence-electron chi connectivity index (χ3n) is 5.34. The zero-order chi connectivity index (χ0) is 17.3. The molecular formula is C19H19N5O. The molecule has 0 aliphatic carbocycles. The summed E-state index contributed by atoms with van der Waals surface area (Å²) in [5.74, 6) is 0.795. The van der Waals surface area contributed by atoms with Gasteiger partial charge in [0, 0.05) is 43.0 Å². The molecule has 1 spiro atoms. The normalized spacial score (nSPS) is 18.8. The van der Waals surface area contributed by atoms with Gasteiger partial charge in [-0.25, -0.2) is 9.97 Å². The van der Waals surface area contributed by atoms with E-state index < -0.39 is 0 Å². The second-order valence-electron chi connectivity index (χ2n) is 6.65. The number of piperidine rings is 1. The largest absolute Gasteiger partial charge is 0.341 e. The lowest BCUT2D eigenvalue weighted by atomic mass is 9.67. The van der Waals surface area contributed by atoms with Gasteiger partial charge in [-0.3, -0.25) is 9.69 Å². The van der Waals surface area contributed by atoms with Crippen molar-refractivity contribution in [3.05, 3.63) is 48.3 Å². The molecule has 0 radical (unpaired) electrons. The Morgan fingerprint density at radius 2 is 1.84 bits per heavy atom. The molecule has 3 heterocycles. The molecule has 0 unspecified atom stereocenters. The van der Waals surface area contributed by atoms with Crippen molar-refractivity contribution in [1.29, 1.82) is 5.26 Å². The van der Waals surface area contributed by atoms with E-state index >= 15 is 0 Å². The predicted molar refractivity (Wildman–Crippen MR) is 94.2 cm³/mol. The fourth-order valence-corrected chi connectivity index (χ4v) is 4.05. The Morgan fingerprint density at radius 3 is 2.56 bits per heavy atom. The predicted octanol–water partition coefficient (Wildman–Crippen LogP) is 2.28. The molecule has 1 saturated heterocycles. The van der Waals surface area contributed by atoms with E-state index in [4.69, 9.17) is 5.26 Å². The van der Waals surface area contributed by atoms with Gasteiger partial charge in [0.05, 0.1) is 6.07 Å². The number of carbonyl (C=O) groups is 1. The number of nitriles is 1. The lowest BCUT2D eigenvalue weighted by Gasteiger charge is -2.47. The SMILES string of the molecule is N#CCN1C(=O)CC2(CCN(c3ncccn3)CC2)c2ccccc21. The second kappa shape index (κ2) is 6.17. The third-order valence-corrected chi connectivity index (χ3v) is 5.34. The number of nitrogens with zero attached hydrogens (tertiary/aromatic N) is 5. The molecule has 0 saturated carbocycles. The molecule has 4 rings (SSSR count). The summed E-state index contributed by atoms with van der Waals surface area (Å²) in [6.45, 7) is 1.75. The van der Waals surface area contributed by atoms with Gasteiger partial charge in [-0.15, -0.1) is 0 Å². The summed E-state index contributed by atoms with van der Waals surface area (Å²) >= 11 is 0. The van der Waals surface area contributed by atoms with Crippen molar-refractivity contribution in [2.45, 2.75) is 24.7 Å². The number of para-hydroxylation sites is 1. The van der Waals surface area contributed by atoms with Crippen molar-refractivity contribution in [2.24, 2.45) is 0 Å². The number of rotatable bonds is 2. The topological polar surface area (TPSA) is 73.1 Å². The van der Waals surface area contributed by atoms with Crippen LogP contribution in [0.5, 0.6) is 0 Å². The number of hydrogen-bond donors (Lipinski definition) is 0. The molecule has 25 heavy (non-hydrogen) atoms. The van der Waals surface area contributed by atoms with E-state index in [2.05, 4.69) is 27.0 Å². The first-order valence-corrected chi connectivity index (χ1v) is 8.52. The summed E-state index contributed by atoms with van der Waals surface area (Å²) in [5.41, 5.74) is 1.94. The first kappa shape index (κ1) is 15.6. The number of amides is 1. The van der Waals surface area contributed by atoms with Crippen LogP contribution >= 0.6 is 0 Å². The van der Waals surface area contributed by atoms with Crippen LogP contribution in [0.4, 0.5) is 11.6 Å². The molecule has 1 aromatic carbocycles. The Labute approximate surface area is 146 Å². The molecule has 0 atom stereocenters. The lowest BCUT2D eigenvalue weighted by Crippen LogP contribution is -2.50. The van der Waals surface area contributed by atoms with Crippen LogP contribution in [0.2, 0.25) is 0 Å². The molecule has 1 fully saturated rings. The highest BCUT2D eigenvalue weighted by Crippen LogP contribution is 2.47. The Morgan fingerprint density at radius 1 is 1.12 bits per heavy atom. The van der Waals surface area contributed by atoms with Crippen LogP contribution in [0, 0.1) is 11.3 Å². The van der Waals surface area contributed by atoms with E-state index in [0.717, 1.165) is 37.6 Å². The maximum absolute atomic E-state index is 12.7. The summed E-state index contributed by atoms with van der Waals surface area (Å²) in [5, 5.41) is 9.06. The van der Waals surface area contributed by atoms with Crippen molar-refractivity contribution in [1.82, 2.24) is 9.97 Å². The van der Waals surface area contributed by atoms with E-state index in [1.807, 2.05) is 24.3 Å². The first-order chi connectivity index (χ1) is 12.2. The van der Waals surface area contributed by atoms with Gasteiger partial charge in [-0.1, -0.05) is 18.2 Å². The van der Waals surface area contributed by atoms with Gasteiger partial charge in [0.2, 0.25) is 11.9 Å². The van der Waals surface area contributed by atoms with Gasteiger partial charge in [0.1, 0.15) is 6.54 Å². The number of benzene rings is 1. The van der Waals surface area contributed by atoms with Crippen LogP contribution in [-0.4, -0.2) is 35.5 Å². The maximum Gasteiger partial charge on any atom is 0.228 e. The molecule has 2 aliphatic rings. The van der Waals surface area contributed by atoms with Gasteiger partial charge in [-0.2, -0.15) is 5.26 Å². The van der Waals surface area contributed by atoms with E-state index in [-0.39, 0.29) is 17.9 Å². The van der Waals surface area contributed by atoms with Gasteiger partial charge in [0.25, 0.3) is 0 Å². The molecule has 2 aromatic rings. The number of fused-ring (bicyclic) bond motifs is 2. The summed E-state index contributed by atoms with van der Waals surface area (Å²) in [4.78, 5) is 25.2. The minimum atomic E-state index is -0.148. The van der Waals surface area contributed by atoms with Crippen LogP contribution in [-0.2, 0) is 10.2 Å². The van der Waals surface area contributed by atoms with E-state index in [1.54, 1.807) is 17.3 Å². The number of carbonyl (C=O) groups excluding carboxylic acids is 1. The highest BCUT2D eigenvalue weighted by molar-refractivity contribution is 5.98. The van der Waals surface area contributed by atoms with Gasteiger partial charge >= 0.3 is 0 Å². The molecule has 2 aliphatic heterocycles. The number of hydrogen-bond acceptors (Lipinski definition) is 5. The van der Waals surface area contributed by atoms with Crippen LogP contribution in [0.3, 0.4) is 0 Å². The summed E-state index contributed by atoms with van der Waals surface area (Å²) < 4.78 is 0. The zero-order valence-electron chi connectivity index (χ0n) is 13.9. The van der Waals surface area contributed by atoms with Crippen molar-refractivity contribution in [3.63, 3.8) is 0 Å². The van der Waals surface area contributed by atoms with Crippen LogP contribution < -0.4 is 9.80 Å². The quantitative estimate of drug-likeness (QED) is 0.788.